The zero-order valence-electron chi connectivity index (χ0n) is 9.71. The van der Waals surface area contributed by atoms with E-state index in [1.54, 1.807) is 4.90 Å². The number of hydrogen-bond donors (Lipinski definition) is 1. The lowest BCUT2D eigenvalue weighted by molar-refractivity contribution is 0.0904. The highest BCUT2D eigenvalue weighted by atomic mass is 32.1. The Morgan fingerprint density at radius 2 is 2.18 bits per heavy atom. The second kappa shape index (κ2) is 5.96. The first-order valence-corrected chi connectivity index (χ1v) is 6.41. The Balaban J connectivity index is 1.81. The minimum atomic E-state index is -0.229. The summed E-state index contributed by atoms with van der Waals surface area (Å²) in [4.78, 5) is 13.5. The summed E-state index contributed by atoms with van der Waals surface area (Å²) in [7, 11) is 0. The third-order valence-corrected chi connectivity index (χ3v) is 3.28. The molecule has 17 heavy (non-hydrogen) atoms. The zero-order chi connectivity index (χ0) is 12.1. The number of carbonyl (C=O) groups excluding carboxylic acids is 1. The Bertz CT molecular complexity index is 369. The van der Waals surface area contributed by atoms with Crippen LogP contribution in [0.15, 0.2) is 30.3 Å². The molecule has 0 N–H and O–H groups in total. The smallest absolute Gasteiger partial charge is 0.410 e. The lowest BCUT2D eigenvalue weighted by Gasteiger charge is -2.29. The Morgan fingerprint density at radius 3 is 2.88 bits per heavy atom. The average Bonchev–Trinajstić information content (AvgIpc) is 2.37. The van der Waals surface area contributed by atoms with E-state index in [0.29, 0.717) is 13.2 Å². The summed E-state index contributed by atoms with van der Waals surface area (Å²) in [6, 6.07) is 9.72. The fraction of sp³-hybridized carbons (Fsp3) is 0.462. The Morgan fingerprint density at radius 1 is 1.41 bits per heavy atom. The fourth-order valence-electron chi connectivity index (χ4n) is 1.93. The Labute approximate surface area is 107 Å². The standard InChI is InChI=1S/C13H17NO2S/c15-13(14-8-4-7-12(17)9-14)16-10-11-5-2-1-3-6-11/h1-3,5-6,12,17H,4,7-10H2/t12-/m0/s1. The molecule has 1 saturated heterocycles. The second-order valence-electron chi connectivity index (χ2n) is 4.28. The average molecular weight is 251 g/mol. The second-order valence-corrected chi connectivity index (χ2v) is 5.01. The molecule has 1 aliphatic heterocycles. The van der Waals surface area contributed by atoms with Crippen molar-refractivity contribution in [2.75, 3.05) is 13.1 Å². The van der Waals surface area contributed by atoms with Crippen molar-refractivity contribution in [3.05, 3.63) is 35.9 Å². The van der Waals surface area contributed by atoms with Crippen LogP contribution in [0.4, 0.5) is 4.79 Å². The molecule has 92 valence electrons. The van der Waals surface area contributed by atoms with Crippen molar-refractivity contribution in [3.63, 3.8) is 0 Å². The summed E-state index contributed by atoms with van der Waals surface area (Å²) < 4.78 is 5.27. The molecule has 2 rings (SSSR count). The molecule has 1 aromatic rings. The minimum Gasteiger partial charge on any atom is -0.445 e. The van der Waals surface area contributed by atoms with E-state index in [1.165, 1.54) is 0 Å². The van der Waals surface area contributed by atoms with Crippen LogP contribution in [0.2, 0.25) is 0 Å². The molecular weight excluding hydrogens is 234 g/mol. The lowest BCUT2D eigenvalue weighted by Crippen LogP contribution is -2.40. The molecule has 0 unspecified atom stereocenters. The van der Waals surface area contributed by atoms with Gasteiger partial charge in [-0.15, -0.1) is 0 Å². The van der Waals surface area contributed by atoms with E-state index >= 15 is 0 Å². The molecule has 1 heterocycles. The maximum atomic E-state index is 11.8. The third kappa shape index (κ3) is 3.66. The summed E-state index contributed by atoms with van der Waals surface area (Å²) in [6.07, 6.45) is 1.85. The largest absolute Gasteiger partial charge is 0.445 e. The molecule has 1 amide bonds. The van der Waals surface area contributed by atoms with Gasteiger partial charge in [0.2, 0.25) is 0 Å². The maximum Gasteiger partial charge on any atom is 0.410 e. The quantitative estimate of drug-likeness (QED) is 0.819. The normalized spacial score (nSPS) is 20.1. The van der Waals surface area contributed by atoms with Crippen LogP contribution in [-0.2, 0) is 11.3 Å². The van der Waals surface area contributed by atoms with Crippen molar-refractivity contribution in [2.45, 2.75) is 24.7 Å². The van der Waals surface area contributed by atoms with Crippen molar-refractivity contribution in [1.29, 1.82) is 0 Å². The molecule has 0 radical (unpaired) electrons. The number of thiol groups is 1. The van der Waals surface area contributed by atoms with E-state index in [4.69, 9.17) is 4.74 Å². The molecule has 1 fully saturated rings. The number of rotatable bonds is 2. The van der Waals surface area contributed by atoms with Gasteiger partial charge in [-0.3, -0.25) is 0 Å². The van der Waals surface area contributed by atoms with Crippen LogP contribution in [0.5, 0.6) is 0 Å². The summed E-state index contributed by atoms with van der Waals surface area (Å²) in [5.41, 5.74) is 1.01. The first-order chi connectivity index (χ1) is 8.25. The molecule has 1 aromatic carbocycles. The molecule has 3 nitrogen and oxygen atoms in total. The van der Waals surface area contributed by atoms with E-state index in [9.17, 15) is 4.79 Å². The zero-order valence-corrected chi connectivity index (χ0v) is 10.6. The number of likely N-dealkylation sites (tertiary alicyclic amines) is 1. The number of hydrogen-bond acceptors (Lipinski definition) is 3. The summed E-state index contributed by atoms with van der Waals surface area (Å²) in [5, 5.41) is 0.285. The molecule has 1 atom stereocenters. The van der Waals surface area contributed by atoms with E-state index < -0.39 is 0 Å². The van der Waals surface area contributed by atoms with Crippen molar-refractivity contribution < 1.29 is 9.53 Å². The summed E-state index contributed by atoms with van der Waals surface area (Å²) in [5.74, 6) is 0. The van der Waals surface area contributed by atoms with Crippen LogP contribution in [0.1, 0.15) is 18.4 Å². The van der Waals surface area contributed by atoms with Gasteiger partial charge in [0, 0.05) is 18.3 Å². The molecule has 1 aliphatic rings. The van der Waals surface area contributed by atoms with E-state index in [0.717, 1.165) is 24.9 Å². The van der Waals surface area contributed by atoms with Gasteiger partial charge in [0.1, 0.15) is 6.61 Å². The van der Waals surface area contributed by atoms with Crippen LogP contribution in [-0.4, -0.2) is 29.3 Å². The number of amides is 1. The molecule has 0 aromatic heterocycles. The SMILES string of the molecule is O=C(OCc1ccccc1)N1CCC[C@H](S)C1. The molecule has 0 saturated carbocycles. The van der Waals surface area contributed by atoms with Crippen molar-refractivity contribution in [3.8, 4) is 0 Å². The first-order valence-electron chi connectivity index (χ1n) is 5.89. The molecular formula is C13H17NO2S. The van der Waals surface area contributed by atoms with Crippen LogP contribution in [0, 0.1) is 0 Å². The van der Waals surface area contributed by atoms with Crippen LogP contribution >= 0.6 is 12.6 Å². The topological polar surface area (TPSA) is 29.5 Å². The van der Waals surface area contributed by atoms with Gasteiger partial charge in [-0.25, -0.2) is 4.79 Å². The van der Waals surface area contributed by atoms with Gasteiger partial charge in [0.05, 0.1) is 0 Å². The fourth-order valence-corrected chi connectivity index (χ4v) is 2.31. The summed E-state index contributed by atoms with van der Waals surface area (Å²) >= 11 is 4.40. The highest BCUT2D eigenvalue weighted by molar-refractivity contribution is 7.81. The Hall–Kier alpha value is -1.16. The predicted molar refractivity (Wildman–Crippen MR) is 70.2 cm³/mol. The van der Waals surface area contributed by atoms with Gasteiger partial charge >= 0.3 is 6.09 Å². The highest BCUT2D eigenvalue weighted by Crippen LogP contribution is 2.15. The number of ether oxygens (including phenoxy) is 1. The predicted octanol–water partition coefficient (Wildman–Crippen LogP) is 2.72. The van der Waals surface area contributed by atoms with Gasteiger partial charge in [0.15, 0.2) is 0 Å². The van der Waals surface area contributed by atoms with Gasteiger partial charge in [-0.05, 0) is 18.4 Å². The van der Waals surface area contributed by atoms with Crippen molar-refractivity contribution in [1.82, 2.24) is 4.90 Å². The maximum absolute atomic E-state index is 11.8. The van der Waals surface area contributed by atoms with Crippen LogP contribution < -0.4 is 0 Å². The summed E-state index contributed by atoms with van der Waals surface area (Å²) in [6.45, 7) is 1.81. The molecule has 4 heteroatoms. The van der Waals surface area contributed by atoms with Gasteiger partial charge in [-0.2, -0.15) is 12.6 Å². The molecule has 0 aliphatic carbocycles. The first kappa shape index (κ1) is 12.3. The van der Waals surface area contributed by atoms with Crippen LogP contribution in [0.25, 0.3) is 0 Å². The Kier molecular flexibility index (Phi) is 4.31. The van der Waals surface area contributed by atoms with E-state index in [2.05, 4.69) is 12.6 Å². The van der Waals surface area contributed by atoms with Crippen LogP contribution in [0.3, 0.4) is 0 Å². The van der Waals surface area contributed by atoms with Gasteiger partial charge < -0.3 is 9.64 Å². The van der Waals surface area contributed by atoms with E-state index in [1.807, 2.05) is 30.3 Å². The third-order valence-electron chi connectivity index (χ3n) is 2.86. The number of benzene rings is 1. The van der Waals surface area contributed by atoms with Gasteiger partial charge in [-0.1, -0.05) is 30.3 Å². The number of piperidine rings is 1. The number of carbonyl (C=O) groups is 1. The van der Waals surface area contributed by atoms with Crippen molar-refractivity contribution in [2.24, 2.45) is 0 Å². The van der Waals surface area contributed by atoms with Crippen molar-refractivity contribution >= 4 is 18.7 Å². The monoisotopic (exact) mass is 251 g/mol. The molecule has 0 bridgehead atoms. The van der Waals surface area contributed by atoms with Gasteiger partial charge in [0.25, 0.3) is 0 Å². The highest BCUT2D eigenvalue weighted by Gasteiger charge is 2.22. The minimum absolute atomic E-state index is 0.229. The number of nitrogens with zero attached hydrogens (tertiary/aromatic N) is 1. The lowest BCUT2D eigenvalue weighted by atomic mass is 10.1. The van der Waals surface area contributed by atoms with E-state index in [-0.39, 0.29) is 11.3 Å². The molecule has 0 spiro atoms.